The highest BCUT2D eigenvalue weighted by atomic mass is 16.6. The molecule has 1 saturated carbocycles. The summed E-state index contributed by atoms with van der Waals surface area (Å²) in [5.41, 5.74) is 0.202. The van der Waals surface area contributed by atoms with Crippen LogP contribution in [-0.2, 0) is 6.54 Å². The maximum Gasteiger partial charge on any atom is 0.296 e. The van der Waals surface area contributed by atoms with E-state index in [1.165, 1.54) is 12.1 Å². The molecule has 1 aliphatic carbocycles. The Bertz CT molecular complexity index is 680. The normalized spacial score (nSPS) is 20.2. The van der Waals surface area contributed by atoms with Gasteiger partial charge in [-0.3, -0.25) is 10.1 Å². The highest BCUT2D eigenvalue weighted by Crippen LogP contribution is 2.47. The van der Waals surface area contributed by atoms with Crippen molar-refractivity contribution in [2.45, 2.75) is 25.8 Å². The maximum atomic E-state index is 11.0. The van der Waals surface area contributed by atoms with Crippen molar-refractivity contribution in [3.63, 3.8) is 0 Å². The summed E-state index contributed by atoms with van der Waals surface area (Å²) in [5.74, 6) is 2.79. The molecule has 1 heterocycles. The van der Waals surface area contributed by atoms with Crippen LogP contribution in [0, 0.1) is 16.0 Å². The molecule has 3 rings (SSSR count). The summed E-state index contributed by atoms with van der Waals surface area (Å²) in [7, 11) is 0. The SMILES string of the molecule is CC1CC1c1ccc(CNc2ccc(O)cc2[N+](=O)[O-])o1. The smallest absolute Gasteiger partial charge is 0.296 e. The van der Waals surface area contributed by atoms with Crippen molar-refractivity contribution >= 4 is 11.4 Å². The summed E-state index contributed by atoms with van der Waals surface area (Å²) in [4.78, 5) is 10.4. The predicted molar refractivity (Wildman–Crippen MR) is 77.3 cm³/mol. The fourth-order valence-electron chi connectivity index (χ4n) is 2.41. The summed E-state index contributed by atoms with van der Waals surface area (Å²) in [6.07, 6.45) is 1.16. The number of nitro groups is 1. The molecule has 1 aliphatic rings. The fraction of sp³-hybridized carbons (Fsp3) is 0.333. The van der Waals surface area contributed by atoms with Crippen LogP contribution in [0.3, 0.4) is 0 Å². The zero-order chi connectivity index (χ0) is 15.0. The van der Waals surface area contributed by atoms with Crippen molar-refractivity contribution in [1.82, 2.24) is 0 Å². The number of hydrogen-bond acceptors (Lipinski definition) is 5. The van der Waals surface area contributed by atoms with Crippen LogP contribution in [0.4, 0.5) is 11.4 Å². The largest absolute Gasteiger partial charge is 0.508 e. The van der Waals surface area contributed by atoms with E-state index < -0.39 is 4.92 Å². The number of nitrogens with zero attached hydrogens (tertiary/aromatic N) is 1. The van der Waals surface area contributed by atoms with Crippen molar-refractivity contribution in [2.24, 2.45) is 5.92 Å². The minimum atomic E-state index is -0.526. The first-order chi connectivity index (χ1) is 10.0. The molecule has 110 valence electrons. The molecule has 1 aromatic carbocycles. The van der Waals surface area contributed by atoms with Crippen LogP contribution in [0.25, 0.3) is 0 Å². The molecule has 21 heavy (non-hydrogen) atoms. The highest BCUT2D eigenvalue weighted by Gasteiger charge is 2.36. The van der Waals surface area contributed by atoms with E-state index in [4.69, 9.17) is 4.42 Å². The van der Waals surface area contributed by atoms with Crippen LogP contribution in [-0.4, -0.2) is 10.0 Å². The van der Waals surface area contributed by atoms with E-state index in [2.05, 4.69) is 12.2 Å². The number of phenolic OH excluding ortho intramolecular Hbond substituents is 1. The summed E-state index contributed by atoms with van der Waals surface area (Å²) in [6, 6.07) is 7.88. The second-order valence-corrected chi connectivity index (χ2v) is 5.44. The minimum Gasteiger partial charge on any atom is -0.508 e. The van der Waals surface area contributed by atoms with Gasteiger partial charge < -0.3 is 14.8 Å². The highest BCUT2D eigenvalue weighted by molar-refractivity contribution is 5.63. The first-order valence-corrected chi connectivity index (χ1v) is 6.84. The third-order valence-corrected chi connectivity index (χ3v) is 3.79. The first kappa shape index (κ1) is 13.5. The van der Waals surface area contributed by atoms with Crippen molar-refractivity contribution in [2.75, 3.05) is 5.32 Å². The van der Waals surface area contributed by atoms with Crippen molar-refractivity contribution < 1.29 is 14.4 Å². The summed E-state index contributed by atoms with van der Waals surface area (Å²) >= 11 is 0. The van der Waals surface area contributed by atoms with E-state index >= 15 is 0 Å². The summed E-state index contributed by atoms with van der Waals surface area (Å²) < 4.78 is 5.74. The molecule has 0 spiro atoms. The number of phenols is 1. The van der Waals surface area contributed by atoms with Crippen LogP contribution >= 0.6 is 0 Å². The van der Waals surface area contributed by atoms with Gasteiger partial charge in [-0.15, -0.1) is 0 Å². The molecule has 2 aromatic rings. The Hall–Kier alpha value is -2.50. The Balaban J connectivity index is 1.70. The van der Waals surface area contributed by atoms with Crippen LogP contribution in [0.2, 0.25) is 0 Å². The number of benzene rings is 1. The topological polar surface area (TPSA) is 88.5 Å². The Morgan fingerprint density at radius 2 is 2.19 bits per heavy atom. The van der Waals surface area contributed by atoms with Gasteiger partial charge in [0.2, 0.25) is 0 Å². The summed E-state index contributed by atoms with van der Waals surface area (Å²) in [6.45, 7) is 2.55. The Labute approximate surface area is 121 Å². The van der Waals surface area contributed by atoms with E-state index in [-0.39, 0.29) is 11.4 Å². The van der Waals surface area contributed by atoms with Gasteiger partial charge in [-0.05, 0) is 36.6 Å². The van der Waals surface area contributed by atoms with Gasteiger partial charge in [-0.2, -0.15) is 0 Å². The number of rotatable bonds is 5. The average molecular weight is 288 g/mol. The number of hydrogen-bond donors (Lipinski definition) is 2. The molecule has 0 saturated heterocycles. The third-order valence-electron chi connectivity index (χ3n) is 3.79. The quantitative estimate of drug-likeness (QED) is 0.498. The lowest BCUT2D eigenvalue weighted by molar-refractivity contribution is -0.384. The predicted octanol–water partition coefficient (Wildman–Crippen LogP) is 3.63. The Morgan fingerprint density at radius 1 is 1.43 bits per heavy atom. The van der Waals surface area contributed by atoms with Crippen molar-refractivity contribution in [3.05, 3.63) is 52.0 Å². The van der Waals surface area contributed by atoms with E-state index in [1.807, 2.05) is 12.1 Å². The molecule has 2 N–H and O–H groups in total. The number of aromatic hydroxyl groups is 1. The minimum absolute atomic E-state index is 0.129. The van der Waals surface area contributed by atoms with Crippen LogP contribution < -0.4 is 5.32 Å². The number of nitrogens with one attached hydrogen (secondary N) is 1. The molecule has 0 radical (unpaired) electrons. The summed E-state index contributed by atoms with van der Waals surface area (Å²) in [5, 5.41) is 23.2. The van der Waals surface area contributed by atoms with Crippen LogP contribution in [0.1, 0.15) is 30.8 Å². The maximum absolute atomic E-state index is 11.0. The molecule has 6 nitrogen and oxygen atoms in total. The number of furan rings is 1. The second-order valence-electron chi connectivity index (χ2n) is 5.44. The first-order valence-electron chi connectivity index (χ1n) is 6.84. The average Bonchev–Trinajstić information content (AvgIpc) is 3.00. The van der Waals surface area contributed by atoms with Crippen molar-refractivity contribution in [1.29, 1.82) is 0 Å². The monoisotopic (exact) mass is 288 g/mol. The van der Waals surface area contributed by atoms with Gasteiger partial charge in [0.15, 0.2) is 0 Å². The Morgan fingerprint density at radius 3 is 2.86 bits per heavy atom. The van der Waals surface area contributed by atoms with Gasteiger partial charge in [-0.25, -0.2) is 0 Å². The zero-order valence-corrected chi connectivity index (χ0v) is 11.6. The van der Waals surface area contributed by atoms with Gasteiger partial charge in [0, 0.05) is 5.92 Å². The molecular formula is C15H16N2O4. The molecule has 1 aromatic heterocycles. The molecule has 2 unspecified atom stereocenters. The molecule has 0 aliphatic heterocycles. The van der Waals surface area contributed by atoms with Gasteiger partial charge in [0.25, 0.3) is 5.69 Å². The fourth-order valence-corrected chi connectivity index (χ4v) is 2.41. The standard InChI is InChI=1S/C15H16N2O4/c1-9-6-12(9)15-5-3-11(21-15)8-16-13-4-2-10(18)7-14(13)17(19)20/h2-5,7,9,12,16,18H,6,8H2,1H3. The van der Waals surface area contributed by atoms with Gasteiger partial charge in [0.1, 0.15) is 23.0 Å². The van der Waals surface area contributed by atoms with Crippen molar-refractivity contribution in [3.8, 4) is 5.75 Å². The van der Waals surface area contributed by atoms with Crippen LogP contribution in [0.5, 0.6) is 5.75 Å². The van der Waals surface area contributed by atoms with Gasteiger partial charge in [-0.1, -0.05) is 6.92 Å². The second kappa shape index (κ2) is 5.12. The molecule has 1 fully saturated rings. The molecule has 6 heteroatoms. The molecule has 2 atom stereocenters. The zero-order valence-electron chi connectivity index (χ0n) is 11.6. The van der Waals surface area contributed by atoms with Crippen LogP contribution in [0.15, 0.2) is 34.7 Å². The lowest BCUT2D eigenvalue weighted by Crippen LogP contribution is -2.01. The van der Waals surface area contributed by atoms with E-state index in [1.54, 1.807) is 0 Å². The van der Waals surface area contributed by atoms with Gasteiger partial charge >= 0.3 is 0 Å². The molecule has 0 bridgehead atoms. The Kier molecular flexibility index (Phi) is 3.29. The molecule has 0 amide bonds. The number of nitro benzene ring substituents is 1. The third kappa shape index (κ3) is 2.84. The van der Waals surface area contributed by atoms with Gasteiger partial charge in [0.05, 0.1) is 17.5 Å². The molecular weight excluding hydrogens is 272 g/mol. The van der Waals surface area contributed by atoms with E-state index in [9.17, 15) is 15.2 Å². The number of anilines is 1. The van der Waals surface area contributed by atoms with E-state index in [0.29, 0.717) is 24.1 Å². The van der Waals surface area contributed by atoms with E-state index in [0.717, 1.165) is 24.0 Å². The lowest BCUT2D eigenvalue weighted by atomic mass is 10.2. The lowest BCUT2D eigenvalue weighted by Gasteiger charge is -2.05.